The van der Waals surface area contributed by atoms with E-state index >= 15 is 0 Å². The van der Waals surface area contributed by atoms with Gasteiger partial charge in [0.15, 0.2) is 0 Å². The highest BCUT2D eigenvalue weighted by molar-refractivity contribution is 6.01. The molecule has 1 amide bonds. The first-order chi connectivity index (χ1) is 12.1. The summed E-state index contributed by atoms with van der Waals surface area (Å²) in [5.41, 5.74) is 0.698. The Morgan fingerprint density at radius 1 is 1.12 bits per heavy atom. The normalized spacial score (nSPS) is 26.5. The molecule has 2 N–H and O–H groups in total. The van der Waals surface area contributed by atoms with Gasteiger partial charge in [0.2, 0.25) is 0 Å². The average molecular weight is 342 g/mol. The van der Waals surface area contributed by atoms with E-state index in [1.807, 2.05) is 23.1 Å². The molecule has 1 saturated carbocycles. The van der Waals surface area contributed by atoms with Crippen LogP contribution in [0.3, 0.4) is 0 Å². The minimum Gasteiger partial charge on any atom is -0.481 e. The number of piperidine rings is 1. The molecule has 1 aromatic carbocycles. The summed E-state index contributed by atoms with van der Waals surface area (Å²) in [5.74, 6) is -1.39. The van der Waals surface area contributed by atoms with Gasteiger partial charge in [0.25, 0.3) is 5.91 Å². The molecule has 1 unspecified atom stereocenters. The summed E-state index contributed by atoms with van der Waals surface area (Å²) in [7, 11) is 0. The number of nitrogens with zero attached hydrogens (tertiary/aromatic N) is 1. The average Bonchev–Trinajstić information content (AvgIpc) is 2.63. The van der Waals surface area contributed by atoms with Crippen molar-refractivity contribution in [2.45, 2.75) is 62.4 Å². The van der Waals surface area contributed by atoms with Gasteiger partial charge in [-0.15, -0.1) is 0 Å². The lowest BCUT2D eigenvalue weighted by molar-refractivity contribution is -0.144. The number of rotatable bonds is 2. The van der Waals surface area contributed by atoms with Gasteiger partial charge < -0.3 is 15.3 Å². The van der Waals surface area contributed by atoms with Crippen LogP contribution in [0.5, 0.6) is 0 Å². The van der Waals surface area contributed by atoms with Crippen LogP contribution in [0.4, 0.5) is 0 Å². The molecule has 1 aliphatic carbocycles. The third-order valence-corrected chi connectivity index (χ3v) is 6.39. The SMILES string of the molecule is O=C(O)C1c2ccccc2C(=O)N(C2CCCCC2)C12CCNCC2. The van der Waals surface area contributed by atoms with E-state index in [2.05, 4.69) is 5.32 Å². The number of aliphatic carboxylic acids is 1. The summed E-state index contributed by atoms with van der Waals surface area (Å²) in [6, 6.07) is 7.52. The predicted molar refractivity (Wildman–Crippen MR) is 94.7 cm³/mol. The lowest BCUT2D eigenvalue weighted by atomic mass is 9.67. The van der Waals surface area contributed by atoms with E-state index in [1.165, 1.54) is 6.42 Å². The molecule has 0 aromatic heterocycles. The first-order valence-corrected chi connectivity index (χ1v) is 9.51. The number of carbonyl (C=O) groups is 2. The zero-order valence-corrected chi connectivity index (χ0v) is 14.5. The monoisotopic (exact) mass is 342 g/mol. The lowest BCUT2D eigenvalue weighted by Crippen LogP contribution is -2.66. The van der Waals surface area contributed by atoms with Crippen molar-refractivity contribution in [3.63, 3.8) is 0 Å². The van der Waals surface area contributed by atoms with Crippen LogP contribution in [-0.2, 0) is 4.79 Å². The molecule has 3 aliphatic rings. The maximum Gasteiger partial charge on any atom is 0.313 e. The van der Waals surface area contributed by atoms with Crippen molar-refractivity contribution in [1.29, 1.82) is 0 Å². The minimum atomic E-state index is -0.803. The summed E-state index contributed by atoms with van der Waals surface area (Å²) in [5, 5.41) is 13.5. The van der Waals surface area contributed by atoms with Gasteiger partial charge in [-0.3, -0.25) is 9.59 Å². The number of hydrogen-bond acceptors (Lipinski definition) is 3. The Kier molecular flexibility index (Phi) is 4.28. The fraction of sp³-hybridized carbons (Fsp3) is 0.600. The highest BCUT2D eigenvalue weighted by Crippen LogP contribution is 2.48. The fourth-order valence-corrected chi connectivity index (χ4v) is 5.32. The largest absolute Gasteiger partial charge is 0.481 e. The van der Waals surface area contributed by atoms with Crippen LogP contribution >= 0.6 is 0 Å². The molecular weight excluding hydrogens is 316 g/mol. The molecule has 1 aromatic rings. The number of carbonyl (C=O) groups excluding carboxylic acids is 1. The van der Waals surface area contributed by atoms with Crippen molar-refractivity contribution in [3.8, 4) is 0 Å². The van der Waals surface area contributed by atoms with Crippen molar-refractivity contribution in [2.24, 2.45) is 0 Å². The van der Waals surface area contributed by atoms with E-state index in [9.17, 15) is 14.7 Å². The second-order valence-electron chi connectivity index (χ2n) is 7.68. The van der Waals surface area contributed by atoms with Gasteiger partial charge >= 0.3 is 5.97 Å². The number of fused-ring (bicyclic) bond motifs is 1. The van der Waals surface area contributed by atoms with Crippen LogP contribution < -0.4 is 5.32 Å². The Morgan fingerprint density at radius 2 is 1.80 bits per heavy atom. The predicted octanol–water partition coefficient (Wildman–Crippen LogP) is 2.77. The summed E-state index contributed by atoms with van der Waals surface area (Å²) < 4.78 is 0. The zero-order valence-electron chi connectivity index (χ0n) is 14.5. The molecule has 1 saturated heterocycles. The Hall–Kier alpha value is -1.88. The summed E-state index contributed by atoms with van der Waals surface area (Å²) in [6.07, 6.45) is 6.88. The molecule has 4 rings (SSSR count). The number of nitrogens with one attached hydrogen (secondary N) is 1. The summed E-state index contributed by atoms with van der Waals surface area (Å²) >= 11 is 0. The maximum atomic E-state index is 13.5. The molecular formula is C20H26N2O3. The van der Waals surface area contributed by atoms with Crippen LogP contribution in [0.2, 0.25) is 0 Å². The Morgan fingerprint density at radius 3 is 2.48 bits per heavy atom. The smallest absolute Gasteiger partial charge is 0.313 e. The molecule has 1 spiro atoms. The van der Waals surface area contributed by atoms with Crippen molar-refractivity contribution in [2.75, 3.05) is 13.1 Å². The molecule has 0 radical (unpaired) electrons. The Labute approximate surface area is 148 Å². The van der Waals surface area contributed by atoms with Crippen molar-refractivity contribution >= 4 is 11.9 Å². The van der Waals surface area contributed by atoms with Crippen molar-refractivity contribution < 1.29 is 14.7 Å². The molecule has 2 fully saturated rings. The number of benzene rings is 1. The molecule has 0 bridgehead atoms. The third kappa shape index (κ3) is 2.56. The van der Waals surface area contributed by atoms with E-state index in [0.717, 1.165) is 38.8 Å². The topological polar surface area (TPSA) is 69.6 Å². The molecule has 25 heavy (non-hydrogen) atoms. The number of hydrogen-bond donors (Lipinski definition) is 2. The van der Waals surface area contributed by atoms with E-state index in [1.54, 1.807) is 6.07 Å². The first kappa shape index (κ1) is 16.6. The van der Waals surface area contributed by atoms with E-state index in [0.29, 0.717) is 24.0 Å². The highest BCUT2D eigenvalue weighted by atomic mass is 16.4. The maximum absolute atomic E-state index is 13.5. The molecule has 2 aliphatic heterocycles. The van der Waals surface area contributed by atoms with Gasteiger partial charge in [0, 0.05) is 11.6 Å². The molecule has 1 atom stereocenters. The van der Waals surface area contributed by atoms with Crippen LogP contribution in [0, 0.1) is 0 Å². The van der Waals surface area contributed by atoms with Gasteiger partial charge in [-0.2, -0.15) is 0 Å². The summed E-state index contributed by atoms with van der Waals surface area (Å²) in [4.78, 5) is 27.9. The summed E-state index contributed by atoms with van der Waals surface area (Å²) in [6.45, 7) is 1.53. The molecule has 5 heteroatoms. The lowest BCUT2D eigenvalue weighted by Gasteiger charge is -2.56. The number of carboxylic acids is 1. The standard InChI is InChI=1S/C20H26N2O3/c23-18-16-9-5-4-8-15(16)17(19(24)25)20(10-12-21-13-11-20)22(18)14-6-2-1-3-7-14/h4-5,8-9,14,17,21H,1-3,6-7,10-13H2,(H,24,25). The van der Waals surface area contributed by atoms with Gasteiger partial charge in [0.1, 0.15) is 5.92 Å². The third-order valence-electron chi connectivity index (χ3n) is 6.39. The molecule has 2 heterocycles. The van der Waals surface area contributed by atoms with Crippen LogP contribution in [0.1, 0.15) is 66.8 Å². The number of amides is 1. The first-order valence-electron chi connectivity index (χ1n) is 9.51. The van der Waals surface area contributed by atoms with Gasteiger partial charge in [-0.25, -0.2) is 0 Å². The van der Waals surface area contributed by atoms with Crippen LogP contribution in [0.15, 0.2) is 24.3 Å². The van der Waals surface area contributed by atoms with Crippen LogP contribution in [0.25, 0.3) is 0 Å². The highest BCUT2D eigenvalue weighted by Gasteiger charge is 2.56. The van der Waals surface area contributed by atoms with E-state index in [-0.39, 0.29) is 11.9 Å². The minimum absolute atomic E-state index is 0.0434. The van der Waals surface area contributed by atoms with Crippen molar-refractivity contribution in [3.05, 3.63) is 35.4 Å². The Bertz CT molecular complexity index is 675. The van der Waals surface area contributed by atoms with E-state index < -0.39 is 17.4 Å². The zero-order chi connectivity index (χ0) is 17.4. The fourth-order valence-electron chi connectivity index (χ4n) is 5.32. The van der Waals surface area contributed by atoms with Crippen LogP contribution in [-0.4, -0.2) is 46.6 Å². The number of carboxylic acid groups (broad SMARTS) is 1. The van der Waals surface area contributed by atoms with Crippen molar-refractivity contribution in [1.82, 2.24) is 10.2 Å². The van der Waals surface area contributed by atoms with Gasteiger partial charge in [-0.1, -0.05) is 37.5 Å². The molecule has 134 valence electrons. The van der Waals surface area contributed by atoms with Gasteiger partial charge in [-0.05, 0) is 50.4 Å². The quantitative estimate of drug-likeness (QED) is 0.867. The second kappa shape index (κ2) is 6.45. The Balaban J connectivity index is 1.88. The van der Waals surface area contributed by atoms with Gasteiger partial charge in [0.05, 0.1) is 5.54 Å². The van der Waals surface area contributed by atoms with E-state index in [4.69, 9.17) is 0 Å². The second-order valence-corrected chi connectivity index (χ2v) is 7.68. The molecule has 5 nitrogen and oxygen atoms in total.